The molecule has 1 atom stereocenters. The molecule has 4 aromatic rings. The lowest BCUT2D eigenvalue weighted by Gasteiger charge is -2.26. The molecule has 4 heterocycles. The van der Waals surface area contributed by atoms with Crippen LogP contribution in [0.2, 0.25) is 5.02 Å². The number of rotatable bonds is 2. The van der Waals surface area contributed by atoms with Crippen molar-refractivity contribution in [1.29, 1.82) is 0 Å². The molecule has 4 nitrogen and oxygen atoms in total. The topological polar surface area (TPSA) is 46.4 Å². The first-order valence-corrected chi connectivity index (χ1v) is 10.8. The van der Waals surface area contributed by atoms with E-state index < -0.39 is 0 Å². The summed E-state index contributed by atoms with van der Waals surface area (Å²) in [7, 11) is 0. The number of fused-ring (bicyclic) bond motifs is 4. The van der Waals surface area contributed by atoms with E-state index in [4.69, 9.17) is 11.6 Å². The first kappa shape index (κ1) is 15.7. The number of halogens is 1. The maximum absolute atomic E-state index is 12.8. The molecule has 1 aliphatic heterocycles. The highest BCUT2D eigenvalue weighted by molar-refractivity contribution is 7.99. The van der Waals surface area contributed by atoms with Crippen LogP contribution in [0.4, 0.5) is 0 Å². The number of thioether (sulfide) groups is 1. The quantitative estimate of drug-likeness (QED) is 0.496. The average Bonchev–Trinajstić information content (AvgIpc) is 3.27. The summed E-state index contributed by atoms with van der Waals surface area (Å²) in [5.41, 5.74) is 2.11. The van der Waals surface area contributed by atoms with Gasteiger partial charge in [-0.05, 0) is 36.2 Å². The summed E-state index contributed by atoms with van der Waals surface area (Å²) in [5, 5.41) is 5.88. The largest absolute Gasteiger partial charge is 0.344 e. The van der Waals surface area contributed by atoms with Crippen molar-refractivity contribution in [2.24, 2.45) is 0 Å². The average molecular weight is 406 g/mol. The molecule has 1 aromatic carbocycles. The Morgan fingerprint density at radius 1 is 1.36 bits per heavy atom. The standard InChI is InChI=1S/C17H12ClN3OS3/c18-9-1-2-13-10(7-9)11(3-5-23-13)19-15(22)14-8-12-16(25-14)20-17-21(12)4-6-24-17/h1-2,4,6-8,11H,3,5H2,(H,19,22). The minimum Gasteiger partial charge on any atom is -0.344 e. The van der Waals surface area contributed by atoms with E-state index in [1.807, 2.05) is 52.0 Å². The number of carbonyl (C=O) groups is 1. The summed E-state index contributed by atoms with van der Waals surface area (Å²) in [5.74, 6) is 0.944. The van der Waals surface area contributed by atoms with Gasteiger partial charge < -0.3 is 5.32 Å². The normalized spacial score (nSPS) is 17.1. The van der Waals surface area contributed by atoms with Gasteiger partial charge >= 0.3 is 0 Å². The summed E-state index contributed by atoms with van der Waals surface area (Å²) in [4.78, 5) is 21.1. The van der Waals surface area contributed by atoms with Crippen LogP contribution in [0.1, 0.15) is 27.7 Å². The minimum absolute atomic E-state index is 0.000640. The lowest BCUT2D eigenvalue weighted by atomic mass is 10.0. The molecule has 0 spiro atoms. The van der Waals surface area contributed by atoms with E-state index in [2.05, 4.69) is 10.3 Å². The second kappa shape index (κ2) is 6.02. The van der Waals surface area contributed by atoms with Crippen LogP contribution in [0.3, 0.4) is 0 Å². The molecule has 126 valence electrons. The number of hydrogen-bond acceptors (Lipinski definition) is 5. The molecule has 0 saturated heterocycles. The van der Waals surface area contributed by atoms with Crippen LogP contribution in [0, 0.1) is 0 Å². The molecule has 0 fully saturated rings. The first-order chi connectivity index (χ1) is 12.2. The van der Waals surface area contributed by atoms with Gasteiger partial charge in [0, 0.05) is 27.2 Å². The van der Waals surface area contributed by atoms with Gasteiger partial charge in [0.05, 0.1) is 16.4 Å². The van der Waals surface area contributed by atoms with Gasteiger partial charge in [-0.15, -0.1) is 34.4 Å². The molecule has 3 aromatic heterocycles. The zero-order chi connectivity index (χ0) is 17.0. The van der Waals surface area contributed by atoms with Crippen molar-refractivity contribution >= 4 is 67.3 Å². The van der Waals surface area contributed by atoms with Crippen molar-refractivity contribution < 1.29 is 4.79 Å². The van der Waals surface area contributed by atoms with E-state index in [1.165, 1.54) is 16.2 Å². The van der Waals surface area contributed by atoms with Crippen LogP contribution >= 0.6 is 46.0 Å². The van der Waals surface area contributed by atoms with E-state index in [0.29, 0.717) is 9.90 Å². The second-order valence-electron chi connectivity index (χ2n) is 5.81. The molecule has 1 amide bonds. The fourth-order valence-corrected chi connectivity index (χ4v) is 6.09. The smallest absolute Gasteiger partial charge is 0.261 e. The lowest BCUT2D eigenvalue weighted by Crippen LogP contribution is -2.30. The van der Waals surface area contributed by atoms with Crippen molar-refractivity contribution in [1.82, 2.24) is 14.7 Å². The summed E-state index contributed by atoms with van der Waals surface area (Å²) < 4.78 is 2.03. The molecular weight excluding hydrogens is 394 g/mol. The number of aromatic nitrogens is 2. The highest BCUT2D eigenvalue weighted by Gasteiger charge is 2.24. The third-order valence-electron chi connectivity index (χ3n) is 4.28. The number of carbonyl (C=O) groups excluding carboxylic acids is 1. The predicted octanol–water partition coefficient (Wildman–Crippen LogP) is 5.23. The van der Waals surface area contributed by atoms with Gasteiger partial charge in [-0.3, -0.25) is 9.20 Å². The number of thiazole rings is 1. The number of nitrogens with zero attached hydrogens (tertiary/aromatic N) is 2. The van der Waals surface area contributed by atoms with Crippen molar-refractivity contribution in [3.63, 3.8) is 0 Å². The fraction of sp³-hybridized carbons (Fsp3) is 0.176. The summed E-state index contributed by atoms with van der Waals surface area (Å²) in [6.45, 7) is 0. The molecule has 1 aliphatic rings. The Kier molecular flexibility index (Phi) is 3.78. The Balaban J connectivity index is 1.45. The molecule has 1 unspecified atom stereocenters. The molecule has 1 N–H and O–H groups in total. The maximum atomic E-state index is 12.8. The summed E-state index contributed by atoms with van der Waals surface area (Å²) in [6.07, 6.45) is 2.89. The van der Waals surface area contributed by atoms with Crippen LogP contribution in [0.5, 0.6) is 0 Å². The molecule has 8 heteroatoms. The van der Waals surface area contributed by atoms with Crippen LogP contribution in [-0.4, -0.2) is 21.0 Å². The van der Waals surface area contributed by atoms with Crippen LogP contribution < -0.4 is 5.32 Å². The van der Waals surface area contributed by atoms with Gasteiger partial charge in [-0.1, -0.05) is 11.6 Å². The molecule has 25 heavy (non-hydrogen) atoms. The van der Waals surface area contributed by atoms with Gasteiger partial charge in [0.1, 0.15) is 4.83 Å². The molecule has 5 rings (SSSR count). The number of amides is 1. The minimum atomic E-state index is -0.0465. The van der Waals surface area contributed by atoms with Crippen molar-refractivity contribution in [3.8, 4) is 0 Å². The molecule has 0 bridgehead atoms. The van der Waals surface area contributed by atoms with Crippen LogP contribution in [-0.2, 0) is 0 Å². The number of thiophene rings is 1. The Bertz CT molecular complexity index is 1110. The summed E-state index contributed by atoms with van der Waals surface area (Å²) >= 11 is 11.0. The van der Waals surface area contributed by atoms with Gasteiger partial charge in [0.2, 0.25) is 0 Å². The zero-order valence-corrected chi connectivity index (χ0v) is 16.1. The highest BCUT2D eigenvalue weighted by atomic mass is 35.5. The monoisotopic (exact) mass is 405 g/mol. The van der Waals surface area contributed by atoms with E-state index in [-0.39, 0.29) is 11.9 Å². The van der Waals surface area contributed by atoms with Gasteiger partial charge in [0.15, 0.2) is 4.96 Å². The second-order valence-corrected chi connectivity index (χ2v) is 9.29. The molecule has 0 radical (unpaired) electrons. The van der Waals surface area contributed by atoms with Crippen molar-refractivity contribution in [2.45, 2.75) is 17.4 Å². The van der Waals surface area contributed by atoms with Crippen LogP contribution in [0.25, 0.3) is 15.3 Å². The predicted molar refractivity (Wildman–Crippen MR) is 105 cm³/mol. The van der Waals surface area contributed by atoms with E-state index in [9.17, 15) is 4.79 Å². The van der Waals surface area contributed by atoms with Crippen molar-refractivity contribution in [3.05, 3.63) is 51.3 Å². The van der Waals surface area contributed by atoms with E-state index in [0.717, 1.165) is 33.0 Å². The van der Waals surface area contributed by atoms with Gasteiger partial charge in [-0.2, -0.15) is 0 Å². The number of benzene rings is 1. The Morgan fingerprint density at radius 2 is 2.28 bits per heavy atom. The first-order valence-electron chi connectivity index (χ1n) is 7.77. The fourth-order valence-electron chi connectivity index (χ4n) is 3.10. The van der Waals surface area contributed by atoms with Crippen molar-refractivity contribution in [2.75, 3.05) is 5.75 Å². The van der Waals surface area contributed by atoms with Gasteiger partial charge in [0.25, 0.3) is 5.91 Å². The molecule has 0 aliphatic carbocycles. The molecule has 0 saturated carbocycles. The third kappa shape index (κ3) is 2.66. The number of hydrogen-bond donors (Lipinski definition) is 1. The number of nitrogens with one attached hydrogen (secondary N) is 1. The zero-order valence-electron chi connectivity index (χ0n) is 12.9. The molecular formula is C17H12ClN3OS3. The Hall–Kier alpha value is -1.54. The maximum Gasteiger partial charge on any atom is 0.261 e. The Labute approximate surface area is 160 Å². The van der Waals surface area contributed by atoms with E-state index >= 15 is 0 Å². The highest BCUT2D eigenvalue weighted by Crippen LogP contribution is 2.38. The van der Waals surface area contributed by atoms with Crippen LogP contribution in [0.15, 0.2) is 40.7 Å². The van der Waals surface area contributed by atoms with Gasteiger partial charge in [-0.25, -0.2) is 4.98 Å². The van der Waals surface area contributed by atoms with E-state index in [1.54, 1.807) is 11.3 Å². The lowest BCUT2D eigenvalue weighted by molar-refractivity contribution is 0.0939. The Morgan fingerprint density at radius 3 is 3.20 bits per heavy atom. The number of imidazole rings is 1. The summed E-state index contributed by atoms with van der Waals surface area (Å²) in [6, 6.07) is 7.83. The third-order valence-corrected chi connectivity index (χ3v) is 7.41. The SMILES string of the molecule is O=C(NC1CCSc2ccc(Cl)cc21)c1cc2c(nc3sccn32)s1.